The fourth-order valence-corrected chi connectivity index (χ4v) is 3.48. The average molecular weight is 397 g/mol. The van der Waals surface area contributed by atoms with Gasteiger partial charge in [0.25, 0.3) is 5.91 Å². The van der Waals surface area contributed by atoms with E-state index >= 15 is 0 Å². The lowest BCUT2D eigenvalue weighted by atomic mass is 10.2. The fourth-order valence-electron chi connectivity index (χ4n) is 2.48. The molecule has 8 nitrogen and oxygen atoms in total. The van der Waals surface area contributed by atoms with Crippen LogP contribution in [0.1, 0.15) is 15.9 Å². The molecule has 2 N–H and O–H groups in total. The predicted molar refractivity (Wildman–Crippen MR) is 104 cm³/mol. The van der Waals surface area contributed by atoms with Crippen molar-refractivity contribution in [3.05, 3.63) is 84.8 Å². The highest BCUT2D eigenvalue weighted by molar-refractivity contribution is 7.89. The van der Waals surface area contributed by atoms with Crippen LogP contribution in [0.2, 0.25) is 0 Å². The maximum absolute atomic E-state index is 12.4. The number of nitrogens with zero attached hydrogens (tertiary/aromatic N) is 3. The van der Waals surface area contributed by atoms with Crippen molar-refractivity contribution in [2.75, 3.05) is 6.54 Å². The molecule has 0 saturated heterocycles. The zero-order valence-corrected chi connectivity index (χ0v) is 15.8. The monoisotopic (exact) mass is 397 g/mol. The van der Waals surface area contributed by atoms with Crippen molar-refractivity contribution in [1.82, 2.24) is 24.8 Å². The molecule has 0 aliphatic rings. The van der Waals surface area contributed by atoms with Crippen LogP contribution in [0.4, 0.5) is 0 Å². The van der Waals surface area contributed by atoms with Crippen molar-refractivity contribution in [2.24, 2.45) is 0 Å². The SMILES string of the molecule is C=CCNS(=O)(=O)c1ccc(C(=O)NCc2cccnc2-n2cccn2)cc1. The number of hydrogen-bond acceptors (Lipinski definition) is 5. The second kappa shape index (κ2) is 8.59. The summed E-state index contributed by atoms with van der Waals surface area (Å²) in [5.74, 6) is 0.306. The molecule has 28 heavy (non-hydrogen) atoms. The Morgan fingerprint density at radius 2 is 1.93 bits per heavy atom. The standard InChI is InChI=1S/C19H19N5O3S/c1-2-10-23-28(26,27)17-8-6-15(7-9-17)19(25)21-14-16-5-3-11-20-18(16)24-13-4-12-22-24/h2-9,11-13,23H,1,10,14H2,(H,21,25). The lowest BCUT2D eigenvalue weighted by Crippen LogP contribution is -2.25. The van der Waals surface area contributed by atoms with E-state index in [9.17, 15) is 13.2 Å². The van der Waals surface area contributed by atoms with Crippen LogP contribution < -0.4 is 10.0 Å². The van der Waals surface area contributed by atoms with E-state index < -0.39 is 10.0 Å². The van der Waals surface area contributed by atoms with Crippen LogP contribution in [0.25, 0.3) is 5.82 Å². The van der Waals surface area contributed by atoms with Gasteiger partial charge in [-0.1, -0.05) is 12.1 Å². The second-order valence-corrected chi connectivity index (χ2v) is 7.55. The van der Waals surface area contributed by atoms with E-state index in [1.165, 1.54) is 30.3 Å². The summed E-state index contributed by atoms with van der Waals surface area (Å²) >= 11 is 0. The Labute approximate surface area is 163 Å². The van der Waals surface area contributed by atoms with Gasteiger partial charge in [0, 0.05) is 42.8 Å². The molecule has 0 atom stereocenters. The molecule has 0 unspecified atom stereocenters. The lowest BCUT2D eigenvalue weighted by molar-refractivity contribution is 0.0951. The molecule has 0 radical (unpaired) electrons. The van der Waals surface area contributed by atoms with E-state index in [4.69, 9.17) is 0 Å². The molecular formula is C19H19N5O3S. The van der Waals surface area contributed by atoms with Crippen LogP contribution in [-0.4, -0.2) is 35.6 Å². The molecule has 0 spiro atoms. The second-order valence-electron chi connectivity index (χ2n) is 5.78. The van der Waals surface area contributed by atoms with Gasteiger partial charge >= 0.3 is 0 Å². The number of benzene rings is 1. The maximum atomic E-state index is 12.4. The van der Waals surface area contributed by atoms with Crippen molar-refractivity contribution in [3.63, 3.8) is 0 Å². The smallest absolute Gasteiger partial charge is 0.251 e. The van der Waals surface area contributed by atoms with Gasteiger partial charge in [0.15, 0.2) is 5.82 Å². The molecule has 3 rings (SSSR count). The minimum Gasteiger partial charge on any atom is -0.348 e. The van der Waals surface area contributed by atoms with E-state index in [0.717, 1.165) is 5.56 Å². The normalized spacial score (nSPS) is 11.1. The topological polar surface area (TPSA) is 106 Å². The lowest BCUT2D eigenvalue weighted by Gasteiger charge is -2.10. The number of amides is 1. The van der Waals surface area contributed by atoms with Crippen molar-refractivity contribution in [3.8, 4) is 5.82 Å². The number of pyridine rings is 1. The van der Waals surface area contributed by atoms with Gasteiger partial charge in [0.05, 0.1) is 4.90 Å². The van der Waals surface area contributed by atoms with Crippen LogP contribution in [0, 0.1) is 0 Å². The Hall–Kier alpha value is -3.30. The number of sulfonamides is 1. The number of carbonyl (C=O) groups is 1. The first kappa shape index (κ1) is 19.5. The molecule has 0 aliphatic carbocycles. The Balaban J connectivity index is 1.69. The first-order chi connectivity index (χ1) is 13.5. The molecule has 2 heterocycles. The molecule has 1 amide bonds. The van der Waals surface area contributed by atoms with Crippen molar-refractivity contribution in [1.29, 1.82) is 0 Å². The summed E-state index contributed by atoms with van der Waals surface area (Å²) in [4.78, 5) is 16.8. The molecule has 0 bridgehead atoms. The summed E-state index contributed by atoms with van der Waals surface area (Å²) in [6.07, 6.45) is 6.53. The Bertz CT molecular complexity index is 1060. The van der Waals surface area contributed by atoms with Crippen LogP contribution >= 0.6 is 0 Å². The third kappa shape index (κ3) is 4.51. The summed E-state index contributed by atoms with van der Waals surface area (Å²) in [5, 5.41) is 6.97. The molecule has 2 aromatic heterocycles. The quantitative estimate of drug-likeness (QED) is 0.563. The highest BCUT2D eigenvalue weighted by atomic mass is 32.2. The highest BCUT2D eigenvalue weighted by Crippen LogP contribution is 2.12. The van der Waals surface area contributed by atoms with Gasteiger partial charge in [0.1, 0.15) is 0 Å². The van der Waals surface area contributed by atoms with Crippen LogP contribution in [0.15, 0.2) is 78.6 Å². The van der Waals surface area contributed by atoms with Crippen LogP contribution in [-0.2, 0) is 16.6 Å². The fraction of sp³-hybridized carbons (Fsp3) is 0.105. The average Bonchev–Trinajstić information content (AvgIpc) is 3.25. The summed E-state index contributed by atoms with van der Waals surface area (Å²) in [6, 6.07) is 11.1. The molecule has 3 aromatic rings. The van der Waals surface area contributed by atoms with Gasteiger partial charge in [-0.25, -0.2) is 22.8 Å². The Morgan fingerprint density at radius 1 is 1.14 bits per heavy atom. The third-order valence-electron chi connectivity index (χ3n) is 3.87. The van der Waals surface area contributed by atoms with E-state index in [1.54, 1.807) is 35.4 Å². The first-order valence-corrected chi connectivity index (χ1v) is 9.92. The van der Waals surface area contributed by atoms with E-state index in [0.29, 0.717) is 11.4 Å². The summed E-state index contributed by atoms with van der Waals surface area (Å²) in [7, 11) is -3.62. The van der Waals surface area contributed by atoms with Gasteiger partial charge in [-0.2, -0.15) is 5.10 Å². The first-order valence-electron chi connectivity index (χ1n) is 8.44. The zero-order valence-electron chi connectivity index (χ0n) is 14.9. The molecule has 9 heteroatoms. The van der Waals surface area contributed by atoms with Crippen molar-refractivity contribution in [2.45, 2.75) is 11.4 Å². The number of hydrogen-bond donors (Lipinski definition) is 2. The summed E-state index contributed by atoms with van der Waals surface area (Å²) in [5.41, 5.74) is 1.15. The number of aromatic nitrogens is 3. The Morgan fingerprint density at radius 3 is 2.61 bits per heavy atom. The molecule has 0 fully saturated rings. The van der Waals surface area contributed by atoms with Gasteiger partial charge in [-0.05, 0) is 36.4 Å². The third-order valence-corrected chi connectivity index (χ3v) is 5.31. The Kier molecular flexibility index (Phi) is 5.97. The van der Waals surface area contributed by atoms with E-state index in [-0.39, 0.29) is 23.9 Å². The number of rotatable bonds is 8. The van der Waals surface area contributed by atoms with E-state index in [1.807, 2.05) is 6.07 Å². The van der Waals surface area contributed by atoms with Crippen molar-refractivity contribution >= 4 is 15.9 Å². The van der Waals surface area contributed by atoms with Gasteiger partial charge < -0.3 is 5.32 Å². The zero-order chi connectivity index (χ0) is 20.0. The molecular weight excluding hydrogens is 378 g/mol. The molecule has 0 aliphatic heterocycles. The minimum atomic E-state index is -3.62. The number of nitrogens with one attached hydrogen (secondary N) is 2. The van der Waals surface area contributed by atoms with Crippen molar-refractivity contribution < 1.29 is 13.2 Å². The summed E-state index contributed by atoms with van der Waals surface area (Å²) < 4.78 is 28.1. The van der Waals surface area contributed by atoms with Gasteiger partial charge in [-0.15, -0.1) is 6.58 Å². The maximum Gasteiger partial charge on any atom is 0.251 e. The highest BCUT2D eigenvalue weighted by Gasteiger charge is 2.14. The molecule has 0 saturated carbocycles. The van der Waals surface area contributed by atoms with Gasteiger partial charge in [-0.3, -0.25) is 4.79 Å². The summed E-state index contributed by atoms with van der Waals surface area (Å²) in [6.45, 7) is 3.86. The van der Waals surface area contributed by atoms with Crippen LogP contribution in [0.5, 0.6) is 0 Å². The number of carbonyl (C=O) groups excluding carboxylic acids is 1. The largest absolute Gasteiger partial charge is 0.348 e. The minimum absolute atomic E-state index is 0.0825. The molecule has 144 valence electrons. The van der Waals surface area contributed by atoms with E-state index in [2.05, 4.69) is 26.7 Å². The molecule has 1 aromatic carbocycles. The predicted octanol–water partition coefficient (Wildman–Crippen LogP) is 1.66. The van der Waals surface area contributed by atoms with Gasteiger partial charge in [0.2, 0.25) is 10.0 Å². The van der Waals surface area contributed by atoms with Crippen LogP contribution in [0.3, 0.4) is 0 Å².